The van der Waals surface area contributed by atoms with Gasteiger partial charge < -0.3 is 16.0 Å². The van der Waals surface area contributed by atoms with Crippen molar-refractivity contribution in [3.8, 4) is 11.1 Å². The first-order valence-electron chi connectivity index (χ1n) is 9.62. The molecule has 2 aromatic rings. The van der Waals surface area contributed by atoms with E-state index in [-0.39, 0.29) is 11.7 Å². The first-order valence-corrected chi connectivity index (χ1v) is 9.62. The van der Waals surface area contributed by atoms with Crippen molar-refractivity contribution in [1.29, 1.82) is 0 Å². The Morgan fingerprint density at radius 3 is 2.26 bits per heavy atom. The summed E-state index contributed by atoms with van der Waals surface area (Å²) in [7, 11) is 2.02. The lowest BCUT2D eigenvalue weighted by atomic mass is 9.91. The summed E-state index contributed by atoms with van der Waals surface area (Å²) >= 11 is 0. The predicted octanol–water partition coefficient (Wildman–Crippen LogP) is 4.07. The van der Waals surface area contributed by atoms with Gasteiger partial charge in [0.2, 0.25) is 5.91 Å². The largest absolute Gasteiger partial charge is 0.326 e. The molecule has 1 aliphatic carbocycles. The van der Waals surface area contributed by atoms with E-state index in [1.807, 2.05) is 37.4 Å². The molecule has 0 bridgehead atoms. The van der Waals surface area contributed by atoms with Crippen LogP contribution >= 0.6 is 0 Å². The number of halogens is 1. The Kier molecular flexibility index (Phi) is 6.58. The normalized spacial score (nSPS) is 19.7. The van der Waals surface area contributed by atoms with Crippen molar-refractivity contribution in [2.45, 2.75) is 51.2 Å². The average Bonchev–Trinajstić information content (AvgIpc) is 2.68. The van der Waals surface area contributed by atoms with Crippen LogP contribution in [0.1, 0.15) is 38.2 Å². The molecule has 0 aromatic heterocycles. The zero-order valence-electron chi connectivity index (χ0n) is 16.0. The van der Waals surface area contributed by atoms with Crippen LogP contribution in [-0.2, 0) is 11.3 Å². The quantitative estimate of drug-likeness (QED) is 0.719. The number of nitrogens with one attached hydrogen (secondary N) is 3. The van der Waals surface area contributed by atoms with Crippen molar-refractivity contribution in [2.24, 2.45) is 0 Å². The van der Waals surface area contributed by atoms with Crippen molar-refractivity contribution in [1.82, 2.24) is 10.6 Å². The summed E-state index contributed by atoms with van der Waals surface area (Å²) < 4.78 is 14.3. The van der Waals surface area contributed by atoms with E-state index in [9.17, 15) is 9.18 Å². The van der Waals surface area contributed by atoms with Crippen LogP contribution in [0.5, 0.6) is 0 Å². The number of carbonyl (C=O) groups is 1. The number of anilines is 1. The molecular formula is C22H28FN3O. The van der Waals surface area contributed by atoms with E-state index in [0.29, 0.717) is 24.2 Å². The highest BCUT2D eigenvalue weighted by Crippen LogP contribution is 2.25. The minimum atomic E-state index is -0.176. The lowest BCUT2D eigenvalue weighted by Gasteiger charge is -2.29. The highest BCUT2D eigenvalue weighted by atomic mass is 19.1. The number of hydrogen-bond acceptors (Lipinski definition) is 3. The zero-order chi connectivity index (χ0) is 19.2. The maximum absolute atomic E-state index is 14.3. The summed E-state index contributed by atoms with van der Waals surface area (Å²) in [4.78, 5) is 11.1. The van der Waals surface area contributed by atoms with E-state index in [1.54, 1.807) is 6.07 Å². The van der Waals surface area contributed by atoms with Gasteiger partial charge in [-0.15, -0.1) is 0 Å². The fraction of sp³-hybridized carbons (Fsp3) is 0.409. The van der Waals surface area contributed by atoms with Crippen LogP contribution in [0.3, 0.4) is 0 Å². The van der Waals surface area contributed by atoms with Crippen LogP contribution in [0.4, 0.5) is 10.1 Å². The summed E-state index contributed by atoms with van der Waals surface area (Å²) in [5.74, 6) is -0.272. The van der Waals surface area contributed by atoms with Crippen molar-refractivity contribution in [3.05, 3.63) is 53.8 Å². The van der Waals surface area contributed by atoms with Crippen LogP contribution in [0, 0.1) is 5.82 Å². The van der Waals surface area contributed by atoms with E-state index < -0.39 is 0 Å². The molecular weight excluding hydrogens is 341 g/mol. The molecule has 144 valence electrons. The summed E-state index contributed by atoms with van der Waals surface area (Å²) in [6.07, 6.45) is 4.57. The Hall–Kier alpha value is -2.24. The Morgan fingerprint density at radius 1 is 1.00 bits per heavy atom. The minimum absolute atomic E-state index is 0.0957. The smallest absolute Gasteiger partial charge is 0.221 e. The Morgan fingerprint density at radius 2 is 1.63 bits per heavy atom. The Bertz CT molecular complexity index is 768. The second kappa shape index (κ2) is 9.11. The molecule has 1 fully saturated rings. The maximum Gasteiger partial charge on any atom is 0.221 e. The van der Waals surface area contributed by atoms with Crippen LogP contribution < -0.4 is 16.0 Å². The van der Waals surface area contributed by atoms with Gasteiger partial charge in [0.05, 0.1) is 0 Å². The Balaban J connectivity index is 1.64. The second-order valence-corrected chi connectivity index (χ2v) is 7.28. The van der Waals surface area contributed by atoms with Gasteiger partial charge in [-0.25, -0.2) is 4.39 Å². The van der Waals surface area contributed by atoms with E-state index in [2.05, 4.69) is 16.0 Å². The van der Waals surface area contributed by atoms with Gasteiger partial charge in [0.15, 0.2) is 0 Å². The van der Waals surface area contributed by atoms with E-state index in [4.69, 9.17) is 0 Å². The van der Waals surface area contributed by atoms with Gasteiger partial charge >= 0.3 is 0 Å². The van der Waals surface area contributed by atoms with Gasteiger partial charge in [-0.3, -0.25) is 4.79 Å². The molecule has 5 heteroatoms. The monoisotopic (exact) mass is 369 g/mol. The molecule has 1 saturated carbocycles. The third-order valence-electron chi connectivity index (χ3n) is 5.30. The number of hydrogen-bond donors (Lipinski definition) is 3. The van der Waals surface area contributed by atoms with Gasteiger partial charge in [-0.1, -0.05) is 18.2 Å². The third-order valence-corrected chi connectivity index (χ3v) is 5.30. The molecule has 3 rings (SSSR count). The summed E-state index contributed by atoms with van der Waals surface area (Å²) in [5.41, 5.74) is 3.42. The van der Waals surface area contributed by atoms with Crippen molar-refractivity contribution < 1.29 is 9.18 Å². The number of carbonyl (C=O) groups excluding carboxylic acids is 1. The lowest BCUT2D eigenvalue weighted by Crippen LogP contribution is -2.38. The lowest BCUT2D eigenvalue weighted by molar-refractivity contribution is -0.114. The van der Waals surface area contributed by atoms with Gasteiger partial charge in [0.25, 0.3) is 0 Å². The van der Waals surface area contributed by atoms with E-state index in [0.717, 1.165) is 42.5 Å². The predicted molar refractivity (Wildman–Crippen MR) is 108 cm³/mol. The molecule has 0 saturated heterocycles. The minimum Gasteiger partial charge on any atom is -0.326 e. The fourth-order valence-electron chi connectivity index (χ4n) is 3.68. The fourth-order valence-corrected chi connectivity index (χ4v) is 3.68. The zero-order valence-corrected chi connectivity index (χ0v) is 16.0. The first-order chi connectivity index (χ1) is 13.0. The molecule has 0 aliphatic heterocycles. The second-order valence-electron chi connectivity index (χ2n) is 7.28. The highest BCUT2D eigenvalue weighted by Gasteiger charge is 2.19. The molecule has 0 atom stereocenters. The topological polar surface area (TPSA) is 53.2 Å². The SMILES string of the molecule is CNC1CCC(NCc2cc(-c3ccc(NC(C)=O)cc3)ccc2F)CC1. The van der Waals surface area contributed by atoms with Crippen LogP contribution in [-0.4, -0.2) is 25.0 Å². The summed E-state index contributed by atoms with van der Waals surface area (Å²) in [6.45, 7) is 2.02. The summed E-state index contributed by atoms with van der Waals surface area (Å²) in [5, 5.41) is 9.61. The van der Waals surface area contributed by atoms with Gasteiger partial charge in [0, 0.05) is 36.8 Å². The standard InChI is InChI=1S/C22H28FN3O/c1-15(27)26-21-6-3-16(4-7-21)17-5-12-22(23)18(13-17)14-25-20-10-8-19(24-2)9-11-20/h3-7,12-13,19-20,24-25H,8-11,14H2,1-2H3,(H,26,27). The van der Waals surface area contributed by atoms with Crippen molar-refractivity contribution >= 4 is 11.6 Å². The average molecular weight is 369 g/mol. The van der Waals surface area contributed by atoms with E-state index >= 15 is 0 Å². The molecule has 0 heterocycles. The van der Waals surface area contributed by atoms with Gasteiger partial charge in [-0.2, -0.15) is 0 Å². The van der Waals surface area contributed by atoms with Gasteiger partial charge in [0.1, 0.15) is 5.82 Å². The van der Waals surface area contributed by atoms with Crippen LogP contribution in [0.25, 0.3) is 11.1 Å². The van der Waals surface area contributed by atoms with Gasteiger partial charge in [-0.05, 0) is 68.1 Å². The van der Waals surface area contributed by atoms with Crippen molar-refractivity contribution in [2.75, 3.05) is 12.4 Å². The molecule has 2 aromatic carbocycles. The van der Waals surface area contributed by atoms with Crippen LogP contribution in [0.2, 0.25) is 0 Å². The maximum atomic E-state index is 14.3. The number of benzene rings is 2. The molecule has 4 nitrogen and oxygen atoms in total. The summed E-state index contributed by atoms with van der Waals surface area (Å²) in [6, 6.07) is 13.9. The molecule has 0 radical (unpaired) electrons. The molecule has 1 amide bonds. The molecule has 3 N–H and O–H groups in total. The van der Waals surface area contributed by atoms with Crippen molar-refractivity contribution in [3.63, 3.8) is 0 Å². The van der Waals surface area contributed by atoms with Crippen LogP contribution in [0.15, 0.2) is 42.5 Å². The molecule has 1 aliphatic rings. The van der Waals surface area contributed by atoms with E-state index in [1.165, 1.54) is 13.0 Å². The number of amides is 1. The number of rotatable bonds is 6. The molecule has 0 spiro atoms. The third kappa shape index (κ3) is 5.37. The Labute approximate surface area is 160 Å². The highest BCUT2D eigenvalue weighted by molar-refractivity contribution is 5.89. The first kappa shape index (κ1) is 19.5. The molecule has 0 unspecified atom stereocenters. The molecule has 27 heavy (non-hydrogen) atoms.